The maximum absolute atomic E-state index is 12.5. The summed E-state index contributed by atoms with van der Waals surface area (Å²) in [5, 5.41) is 1.74. The van der Waals surface area contributed by atoms with Gasteiger partial charge < -0.3 is 10.2 Å². The molecule has 1 fully saturated rings. The van der Waals surface area contributed by atoms with Crippen LogP contribution in [0.3, 0.4) is 0 Å². The number of hydrogen-bond acceptors (Lipinski definition) is 4. The van der Waals surface area contributed by atoms with E-state index in [1.54, 1.807) is 5.32 Å². The number of alkyl halides is 3. The Hall–Kier alpha value is -1.65. The van der Waals surface area contributed by atoms with E-state index in [2.05, 4.69) is 0 Å². The lowest BCUT2D eigenvalue weighted by atomic mass is 10.2. The Morgan fingerprint density at radius 3 is 2.17 bits per heavy atom. The van der Waals surface area contributed by atoms with Crippen molar-refractivity contribution in [1.29, 1.82) is 0 Å². The molecule has 1 amide bonds. The quantitative estimate of drug-likeness (QED) is 0.861. The fraction of sp³-hybridized carbons (Fsp3) is 0.500. The molecule has 134 valence electrons. The Morgan fingerprint density at radius 2 is 1.67 bits per heavy atom. The smallest absolute Gasteiger partial charge is 0.343 e. The van der Waals surface area contributed by atoms with E-state index in [1.165, 1.54) is 28.6 Å². The van der Waals surface area contributed by atoms with E-state index in [-0.39, 0.29) is 10.5 Å². The van der Waals surface area contributed by atoms with Crippen molar-refractivity contribution >= 4 is 15.9 Å². The standard InChI is InChI=1S/C14H18F3N3O3S/c1-19-6-8-20(9-7-19)24(22,23)12-4-2-11(3-5-12)13(21)18-10-14(15,16)17/h2-5H,6-10H2,1H3,(H,18,21). The molecule has 1 saturated heterocycles. The number of nitrogens with one attached hydrogen (secondary N) is 1. The molecule has 1 heterocycles. The van der Waals surface area contributed by atoms with E-state index < -0.39 is 28.7 Å². The summed E-state index contributed by atoms with van der Waals surface area (Å²) in [6.45, 7) is 0.542. The normalized spacial score (nSPS) is 17.7. The third kappa shape index (κ3) is 4.68. The van der Waals surface area contributed by atoms with Crippen molar-refractivity contribution in [3.8, 4) is 0 Å². The minimum atomic E-state index is -4.50. The molecule has 6 nitrogen and oxygen atoms in total. The number of hydrogen-bond donors (Lipinski definition) is 1. The second-order valence-corrected chi connectivity index (χ2v) is 7.47. The lowest BCUT2D eigenvalue weighted by Crippen LogP contribution is -2.47. The van der Waals surface area contributed by atoms with Crippen molar-refractivity contribution in [2.24, 2.45) is 0 Å². The summed E-state index contributed by atoms with van der Waals surface area (Å²) in [6.07, 6.45) is -4.50. The van der Waals surface area contributed by atoms with Gasteiger partial charge >= 0.3 is 6.18 Å². The van der Waals surface area contributed by atoms with Gasteiger partial charge in [-0.3, -0.25) is 4.79 Å². The number of rotatable bonds is 4. The van der Waals surface area contributed by atoms with Crippen molar-refractivity contribution < 1.29 is 26.4 Å². The molecular formula is C14H18F3N3O3S. The highest BCUT2D eigenvalue weighted by Gasteiger charge is 2.29. The minimum Gasteiger partial charge on any atom is -0.343 e. The molecule has 0 bridgehead atoms. The number of amides is 1. The van der Waals surface area contributed by atoms with Gasteiger partial charge in [-0.25, -0.2) is 8.42 Å². The Labute approximate surface area is 138 Å². The Morgan fingerprint density at radius 1 is 1.12 bits per heavy atom. The second kappa shape index (κ2) is 7.08. The molecule has 0 atom stereocenters. The van der Waals surface area contributed by atoms with Gasteiger partial charge in [0, 0.05) is 31.7 Å². The van der Waals surface area contributed by atoms with Crippen molar-refractivity contribution in [3.63, 3.8) is 0 Å². The molecule has 1 aliphatic heterocycles. The summed E-state index contributed by atoms with van der Waals surface area (Å²) in [5.41, 5.74) is -0.0309. The number of carbonyl (C=O) groups is 1. The van der Waals surface area contributed by atoms with E-state index in [0.717, 1.165) is 0 Å². The van der Waals surface area contributed by atoms with E-state index in [4.69, 9.17) is 0 Å². The SMILES string of the molecule is CN1CCN(S(=O)(=O)c2ccc(C(=O)NCC(F)(F)F)cc2)CC1. The van der Waals surface area contributed by atoms with Crippen LogP contribution in [0.5, 0.6) is 0 Å². The zero-order valence-corrected chi connectivity index (χ0v) is 13.8. The van der Waals surface area contributed by atoms with Crippen LogP contribution in [-0.4, -0.2) is 69.5 Å². The van der Waals surface area contributed by atoms with E-state index in [1.807, 2.05) is 11.9 Å². The monoisotopic (exact) mass is 365 g/mol. The molecule has 1 aromatic carbocycles. The molecule has 2 rings (SSSR count). The number of piperazine rings is 1. The first-order chi connectivity index (χ1) is 11.1. The summed E-state index contributed by atoms with van der Waals surface area (Å²) in [4.78, 5) is 13.6. The molecule has 0 spiro atoms. The predicted octanol–water partition coefficient (Wildman–Crippen LogP) is 0.915. The Kier molecular flexibility index (Phi) is 5.51. The molecule has 1 aromatic rings. The highest BCUT2D eigenvalue weighted by Crippen LogP contribution is 2.18. The summed E-state index contributed by atoms with van der Waals surface area (Å²) < 4.78 is 62.6. The summed E-state index contributed by atoms with van der Waals surface area (Å²) >= 11 is 0. The highest BCUT2D eigenvalue weighted by molar-refractivity contribution is 7.89. The first-order valence-corrected chi connectivity index (χ1v) is 8.67. The number of sulfonamides is 1. The maximum atomic E-state index is 12.5. The summed E-state index contributed by atoms with van der Waals surface area (Å²) in [5.74, 6) is -0.907. The lowest BCUT2D eigenvalue weighted by Gasteiger charge is -2.31. The Bertz CT molecular complexity index is 681. The van der Waals surface area contributed by atoms with Crippen LogP contribution in [0.4, 0.5) is 13.2 Å². The molecule has 1 N–H and O–H groups in total. The van der Waals surface area contributed by atoms with Crippen molar-refractivity contribution in [3.05, 3.63) is 29.8 Å². The van der Waals surface area contributed by atoms with E-state index >= 15 is 0 Å². The zero-order valence-electron chi connectivity index (χ0n) is 13.0. The summed E-state index contributed by atoms with van der Waals surface area (Å²) in [6, 6.07) is 4.87. The maximum Gasteiger partial charge on any atom is 0.405 e. The molecule has 0 radical (unpaired) electrons. The number of carbonyl (C=O) groups excluding carboxylic acids is 1. The van der Waals surface area contributed by atoms with Gasteiger partial charge in [0.2, 0.25) is 10.0 Å². The van der Waals surface area contributed by atoms with E-state index in [9.17, 15) is 26.4 Å². The molecule has 10 heteroatoms. The van der Waals surface area contributed by atoms with Crippen molar-refractivity contribution in [2.45, 2.75) is 11.1 Å². The Balaban J connectivity index is 2.07. The average molecular weight is 365 g/mol. The third-order valence-corrected chi connectivity index (χ3v) is 5.58. The molecule has 24 heavy (non-hydrogen) atoms. The highest BCUT2D eigenvalue weighted by atomic mass is 32.2. The number of halogens is 3. The van der Waals surface area contributed by atoms with Crippen LogP contribution in [0, 0.1) is 0 Å². The molecule has 0 aromatic heterocycles. The molecule has 0 unspecified atom stereocenters. The van der Waals surface area contributed by atoms with Gasteiger partial charge in [-0.1, -0.05) is 0 Å². The first-order valence-electron chi connectivity index (χ1n) is 7.23. The van der Waals surface area contributed by atoms with Crippen LogP contribution < -0.4 is 5.32 Å². The first kappa shape index (κ1) is 18.7. The van der Waals surface area contributed by atoms with Crippen LogP contribution in [0.1, 0.15) is 10.4 Å². The van der Waals surface area contributed by atoms with Crippen molar-refractivity contribution in [1.82, 2.24) is 14.5 Å². The summed E-state index contributed by atoms with van der Waals surface area (Å²) in [7, 11) is -1.77. The third-order valence-electron chi connectivity index (χ3n) is 3.67. The minimum absolute atomic E-state index is 0.0134. The number of nitrogens with zero attached hydrogens (tertiary/aromatic N) is 2. The van der Waals surface area contributed by atoms with Crippen molar-refractivity contribution in [2.75, 3.05) is 39.8 Å². The molecule has 1 aliphatic rings. The van der Waals surface area contributed by atoms with Gasteiger partial charge in [0.25, 0.3) is 5.91 Å². The largest absolute Gasteiger partial charge is 0.405 e. The van der Waals surface area contributed by atoms with Crippen LogP contribution in [0.25, 0.3) is 0 Å². The van der Waals surface area contributed by atoms with Gasteiger partial charge in [0.1, 0.15) is 6.54 Å². The lowest BCUT2D eigenvalue weighted by molar-refractivity contribution is -0.123. The molecular weight excluding hydrogens is 347 g/mol. The number of likely N-dealkylation sites (N-methyl/N-ethyl adjacent to an activating group) is 1. The van der Waals surface area contributed by atoms with Gasteiger partial charge in [-0.15, -0.1) is 0 Å². The van der Waals surface area contributed by atoms with Crippen LogP contribution in [-0.2, 0) is 10.0 Å². The fourth-order valence-corrected chi connectivity index (χ4v) is 3.66. The van der Waals surface area contributed by atoms with Crippen LogP contribution in [0.2, 0.25) is 0 Å². The van der Waals surface area contributed by atoms with Gasteiger partial charge in [-0.2, -0.15) is 17.5 Å². The molecule has 0 saturated carbocycles. The zero-order chi connectivity index (χ0) is 18.0. The predicted molar refractivity (Wildman–Crippen MR) is 81.1 cm³/mol. The van der Waals surface area contributed by atoms with Gasteiger partial charge in [0.05, 0.1) is 4.90 Å². The van der Waals surface area contributed by atoms with E-state index in [0.29, 0.717) is 26.2 Å². The average Bonchev–Trinajstić information content (AvgIpc) is 2.52. The topological polar surface area (TPSA) is 69.7 Å². The van der Waals surface area contributed by atoms with Crippen LogP contribution >= 0.6 is 0 Å². The van der Waals surface area contributed by atoms with Crippen LogP contribution in [0.15, 0.2) is 29.2 Å². The molecule has 0 aliphatic carbocycles. The van der Waals surface area contributed by atoms with Gasteiger partial charge in [-0.05, 0) is 31.3 Å². The second-order valence-electron chi connectivity index (χ2n) is 5.53. The number of benzene rings is 1. The fourth-order valence-electron chi connectivity index (χ4n) is 2.24. The van der Waals surface area contributed by atoms with Gasteiger partial charge in [0.15, 0.2) is 0 Å².